The van der Waals surface area contributed by atoms with Crippen LogP contribution in [0.1, 0.15) is 20.7 Å². The van der Waals surface area contributed by atoms with Crippen LogP contribution in [0.15, 0.2) is 53.3 Å². The molecule has 0 bridgehead atoms. The predicted octanol–water partition coefficient (Wildman–Crippen LogP) is 2.82. The molecule has 148 valence electrons. The van der Waals surface area contributed by atoms with Crippen LogP contribution in [0.2, 0.25) is 0 Å². The number of H-pyrrole nitrogens is 1. The number of nitrogens with one attached hydrogen (secondary N) is 1. The van der Waals surface area contributed by atoms with Gasteiger partial charge in [-0.3, -0.25) is 4.79 Å². The molecule has 3 aromatic rings. The highest BCUT2D eigenvalue weighted by atomic mass is 16.5. The number of methoxy groups -OCH3 is 1. The Balaban J connectivity index is 2.28. The molecule has 0 aliphatic carbocycles. The van der Waals surface area contributed by atoms with E-state index in [1.54, 1.807) is 36.4 Å². The standard InChI is InChI=1S/C20H16N2O7/c1-28-10-5-4-6-11(9-10)29-13-8-3-2-7-12(13)14-15(19(24)25)17(21)22-18(23)16(14)20(26)27/h2-9H,1H3,(H,24,25)(H,26,27)(H3,21,22,23). The van der Waals surface area contributed by atoms with E-state index in [2.05, 4.69) is 4.98 Å². The topological polar surface area (TPSA) is 152 Å². The number of hydrogen-bond donors (Lipinski definition) is 4. The Hall–Kier alpha value is -4.27. The van der Waals surface area contributed by atoms with Gasteiger partial charge in [0.15, 0.2) is 0 Å². The number of pyridine rings is 1. The molecule has 0 fully saturated rings. The zero-order chi connectivity index (χ0) is 21.1. The van der Waals surface area contributed by atoms with Crippen molar-refractivity contribution in [3.8, 4) is 28.4 Å². The molecule has 0 radical (unpaired) electrons. The van der Waals surface area contributed by atoms with E-state index in [1.165, 1.54) is 19.2 Å². The van der Waals surface area contributed by atoms with Crippen molar-refractivity contribution in [2.24, 2.45) is 0 Å². The van der Waals surface area contributed by atoms with Crippen LogP contribution in [0.5, 0.6) is 17.2 Å². The predicted molar refractivity (Wildman–Crippen MR) is 104 cm³/mol. The first kappa shape index (κ1) is 19.5. The summed E-state index contributed by atoms with van der Waals surface area (Å²) in [5.74, 6) is -2.53. The highest BCUT2D eigenvalue weighted by Crippen LogP contribution is 2.38. The number of carboxylic acid groups (broad SMARTS) is 2. The van der Waals surface area contributed by atoms with Gasteiger partial charge in [-0.15, -0.1) is 0 Å². The first-order valence-corrected chi connectivity index (χ1v) is 8.27. The Kier molecular flexibility index (Phi) is 5.22. The van der Waals surface area contributed by atoms with Gasteiger partial charge in [-0.05, 0) is 18.2 Å². The number of hydrogen-bond acceptors (Lipinski definition) is 6. The van der Waals surface area contributed by atoms with Crippen LogP contribution in [0.4, 0.5) is 5.82 Å². The monoisotopic (exact) mass is 396 g/mol. The maximum Gasteiger partial charge on any atom is 0.342 e. The summed E-state index contributed by atoms with van der Waals surface area (Å²) < 4.78 is 11.0. The minimum Gasteiger partial charge on any atom is -0.497 e. The average molecular weight is 396 g/mol. The Morgan fingerprint density at radius 3 is 2.28 bits per heavy atom. The number of nitrogens with two attached hydrogens (primary N) is 1. The van der Waals surface area contributed by atoms with E-state index in [1.807, 2.05) is 0 Å². The first-order valence-electron chi connectivity index (χ1n) is 8.27. The fourth-order valence-electron chi connectivity index (χ4n) is 2.87. The van der Waals surface area contributed by atoms with Gasteiger partial charge in [-0.2, -0.15) is 0 Å². The number of carboxylic acids is 2. The number of ether oxygens (including phenoxy) is 2. The van der Waals surface area contributed by atoms with E-state index in [0.29, 0.717) is 11.5 Å². The van der Waals surface area contributed by atoms with Crippen molar-refractivity contribution in [2.45, 2.75) is 0 Å². The van der Waals surface area contributed by atoms with Crippen molar-refractivity contribution >= 4 is 17.8 Å². The molecule has 0 saturated heterocycles. The Morgan fingerprint density at radius 2 is 1.62 bits per heavy atom. The second-order valence-corrected chi connectivity index (χ2v) is 5.88. The molecule has 2 aromatic carbocycles. The summed E-state index contributed by atoms with van der Waals surface area (Å²) >= 11 is 0. The second-order valence-electron chi connectivity index (χ2n) is 5.88. The molecule has 0 saturated carbocycles. The quantitative estimate of drug-likeness (QED) is 0.496. The van der Waals surface area contributed by atoms with Gasteiger partial charge >= 0.3 is 11.9 Å². The number of anilines is 1. The number of carbonyl (C=O) groups is 2. The SMILES string of the molecule is COc1cccc(Oc2ccccc2-c2c(C(=O)O)c(N)[nH]c(=O)c2C(=O)O)c1. The second kappa shape index (κ2) is 7.77. The maximum absolute atomic E-state index is 12.2. The van der Waals surface area contributed by atoms with Gasteiger partial charge in [-0.1, -0.05) is 24.3 Å². The molecule has 3 rings (SSSR count). The van der Waals surface area contributed by atoms with Crippen molar-refractivity contribution < 1.29 is 29.3 Å². The molecule has 0 aliphatic rings. The van der Waals surface area contributed by atoms with E-state index in [0.717, 1.165) is 0 Å². The fraction of sp³-hybridized carbons (Fsp3) is 0.0500. The molecule has 1 aromatic heterocycles. The summed E-state index contributed by atoms with van der Waals surface area (Å²) in [5.41, 5.74) is 3.11. The lowest BCUT2D eigenvalue weighted by Gasteiger charge is -2.16. The van der Waals surface area contributed by atoms with Gasteiger partial charge in [0, 0.05) is 17.2 Å². The van der Waals surface area contributed by atoms with E-state index in [-0.39, 0.29) is 16.9 Å². The normalized spacial score (nSPS) is 10.4. The largest absolute Gasteiger partial charge is 0.497 e. The summed E-state index contributed by atoms with van der Waals surface area (Å²) in [5, 5.41) is 19.1. The molecule has 0 atom stereocenters. The Labute approximate surface area is 164 Å². The molecular formula is C20H16N2O7. The van der Waals surface area contributed by atoms with Gasteiger partial charge in [0.1, 0.15) is 34.2 Å². The van der Waals surface area contributed by atoms with Gasteiger partial charge in [0.2, 0.25) is 0 Å². The average Bonchev–Trinajstić information content (AvgIpc) is 2.67. The smallest absolute Gasteiger partial charge is 0.342 e. The third kappa shape index (κ3) is 3.74. The molecule has 0 aliphatic heterocycles. The first-order chi connectivity index (χ1) is 13.8. The number of rotatable bonds is 6. The van der Waals surface area contributed by atoms with Crippen LogP contribution >= 0.6 is 0 Å². The minimum atomic E-state index is -1.60. The number of nitrogen functional groups attached to an aromatic ring is 1. The Morgan fingerprint density at radius 1 is 0.966 bits per heavy atom. The summed E-state index contributed by atoms with van der Waals surface area (Å²) in [6.07, 6.45) is 0. The zero-order valence-electron chi connectivity index (χ0n) is 15.1. The minimum absolute atomic E-state index is 0.0860. The lowest BCUT2D eigenvalue weighted by Crippen LogP contribution is -2.24. The van der Waals surface area contributed by atoms with E-state index < -0.39 is 34.4 Å². The molecule has 0 spiro atoms. The van der Waals surface area contributed by atoms with E-state index in [9.17, 15) is 24.6 Å². The molecule has 9 heteroatoms. The molecule has 9 nitrogen and oxygen atoms in total. The molecule has 0 unspecified atom stereocenters. The van der Waals surface area contributed by atoms with Gasteiger partial charge < -0.3 is 30.4 Å². The number of para-hydroxylation sites is 1. The number of aromatic nitrogens is 1. The van der Waals surface area contributed by atoms with Gasteiger partial charge in [0.25, 0.3) is 5.56 Å². The number of aromatic amines is 1. The Bertz CT molecular complexity index is 1170. The molecule has 5 N–H and O–H groups in total. The highest BCUT2D eigenvalue weighted by Gasteiger charge is 2.28. The van der Waals surface area contributed by atoms with E-state index >= 15 is 0 Å². The third-order valence-corrected chi connectivity index (χ3v) is 4.10. The van der Waals surface area contributed by atoms with Crippen molar-refractivity contribution in [3.05, 3.63) is 70.0 Å². The van der Waals surface area contributed by atoms with Crippen molar-refractivity contribution in [1.82, 2.24) is 4.98 Å². The molecular weight excluding hydrogens is 380 g/mol. The summed E-state index contributed by atoms with van der Waals surface area (Å²) in [7, 11) is 1.49. The van der Waals surface area contributed by atoms with Crippen LogP contribution < -0.4 is 20.8 Å². The van der Waals surface area contributed by atoms with Crippen LogP contribution in [-0.2, 0) is 0 Å². The number of aromatic carboxylic acids is 2. The van der Waals surface area contributed by atoms with Crippen molar-refractivity contribution in [3.63, 3.8) is 0 Å². The maximum atomic E-state index is 12.2. The summed E-state index contributed by atoms with van der Waals surface area (Å²) in [6.45, 7) is 0. The van der Waals surface area contributed by atoms with Crippen LogP contribution in [0.3, 0.4) is 0 Å². The van der Waals surface area contributed by atoms with Crippen LogP contribution in [-0.4, -0.2) is 34.2 Å². The van der Waals surface area contributed by atoms with Gasteiger partial charge in [-0.25, -0.2) is 9.59 Å². The van der Waals surface area contributed by atoms with E-state index in [4.69, 9.17) is 15.2 Å². The third-order valence-electron chi connectivity index (χ3n) is 4.10. The summed E-state index contributed by atoms with van der Waals surface area (Å²) in [4.78, 5) is 37.9. The zero-order valence-corrected chi connectivity index (χ0v) is 15.1. The lowest BCUT2D eigenvalue weighted by molar-refractivity contribution is 0.0695. The lowest BCUT2D eigenvalue weighted by atomic mass is 9.94. The van der Waals surface area contributed by atoms with Crippen LogP contribution in [0, 0.1) is 0 Å². The summed E-state index contributed by atoms with van der Waals surface area (Å²) in [6, 6.07) is 12.8. The van der Waals surface area contributed by atoms with Crippen LogP contribution in [0.25, 0.3) is 11.1 Å². The highest BCUT2D eigenvalue weighted by molar-refractivity contribution is 6.08. The number of benzene rings is 2. The molecule has 29 heavy (non-hydrogen) atoms. The molecule has 0 amide bonds. The van der Waals surface area contributed by atoms with Crippen molar-refractivity contribution in [1.29, 1.82) is 0 Å². The van der Waals surface area contributed by atoms with Gasteiger partial charge in [0.05, 0.1) is 7.11 Å². The molecule has 1 heterocycles. The van der Waals surface area contributed by atoms with Crippen molar-refractivity contribution in [2.75, 3.05) is 12.8 Å². The fourth-order valence-corrected chi connectivity index (χ4v) is 2.87.